The summed E-state index contributed by atoms with van der Waals surface area (Å²) in [6.07, 6.45) is 5.37. The Morgan fingerprint density at radius 1 is 1.13 bits per heavy atom. The lowest BCUT2D eigenvalue weighted by molar-refractivity contribution is -0.127. The van der Waals surface area contributed by atoms with Crippen molar-refractivity contribution < 1.29 is 22.7 Å². The molecule has 1 aliphatic carbocycles. The molecule has 0 spiro atoms. The Morgan fingerprint density at radius 3 is 2.53 bits per heavy atom. The van der Waals surface area contributed by atoms with E-state index in [2.05, 4.69) is 17.6 Å². The van der Waals surface area contributed by atoms with E-state index in [9.17, 15) is 18.0 Å². The predicted molar refractivity (Wildman–Crippen MR) is 112 cm³/mol. The van der Waals surface area contributed by atoms with Gasteiger partial charge in [0.1, 0.15) is 5.75 Å². The van der Waals surface area contributed by atoms with E-state index in [1.165, 1.54) is 16.4 Å². The van der Waals surface area contributed by atoms with Crippen LogP contribution in [-0.2, 0) is 19.6 Å². The van der Waals surface area contributed by atoms with Crippen molar-refractivity contribution in [1.29, 1.82) is 0 Å². The fraction of sp³-hybridized carbons (Fsp3) is 0.619. The second-order valence-corrected chi connectivity index (χ2v) is 10.6. The van der Waals surface area contributed by atoms with Crippen LogP contribution in [0, 0.1) is 11.8 Å². The molecule has 0 unspecified atom stereocenters. The number of ether oxygens (including phenoxy) is 1. The zero-order valence-electron chi connectivity index (χ0n) is 17.2. The van der Waals surface area contributed by atoms with Crippen LogP contribution >= 0.6 is 0 Å². The minimum atomic E-state index is -3.70. The van der Waals surface area contributed by atoms with E-state index in [1.54, 1.807) is 6.07 Å². The topological polar surface area (TPSA) is 105 Å². The highest BCUT2D eigenvalue weighted by molar-refractivity contribution is 7.89. The molecule has 2 heterocycles. The average Bonchev–Trinajstić information content (AvgIpc) is 2.75. The Bertz CT molecular complexity index is 917. The molecule has 30 heavy (non-hydrogen) atoms. The van der Waals surface area contributed by atoms with Crippen molar-refractivity contribution in [3.63, 3.8) is 0 Å². The minimum absolute atomic E-state index is 0.0558. The van der Waals surface area contributed by atoms with Crippen LogP contribution in [0.2, 0.25) is 0 Å². The highest BCUT2D eigenvalue weighted by atomic mass is 32.2. The SMILES string of the molecule is CC1CCC(NC(=O)C2CCN(S(=O)(=O)c3ccc4c(c3)NC(=O)CO4)CC2)CC1. The zero-order chi connectivity index (χ0) is 21.3. The fourth-order valence-corrected chi connectivity index (χ4v) is 5.95. The van der Waals surface area contributed by atoms with Gasteiger partial charge in [0.2, 0.25) is 15.9 Å². The molecule has 164 valence electrons. The summed E-state index contributed by atoms with van der Waals surface area (Å²) in [5.41, 5.74) is 0.364. The molecule has 2 amide bonds. The fourth-order valence-electron chi connectivity index (χ4n) is 4.45. The van der Waals surface area contributed by atoms with Gasteiger partial charge in [-0.1, -0.05) is 6.92 Å². The largest absolute Gasteiger partial charge is 0.482 e. The monoisotopic (exact) mass is 435 g/mol. The summed E-state index contributed by atoms with van der Waals surface area (Å²) in [5.74, 6) is 0.791. The molecule has 3 aliphatic rings. The van der Waals surface area contributed by atoms with E-state index in [4.69, 9.17) is 4.74 Å². The van der Waals surface area contributed by atoms with Gasteiger partial charge in [-0.2, -0.15) is 4.31 Å². The van der Waals surface area contributed by atoms with Crippen molar-refractivity contribution in [2.45, 2.75) is 56.4 Å². The number of amides is 2. The summed E-state index contributed by atoms with van der Waals surface area (Å²) in [5, 5.41) is 5.81. The number of nitrogens with one attached hydrogen (secondary N) is 2. The van der Waals surface area contributed by atoms with Gasteiger partial charge in [0, 0.05) is 25.0 Å². The summed E-state index contributed by atoms with van der Waals surface area (Å²) < 4.78 is 32.8. The van der Waals surface area contributed by atoms with Crippen LogP contribution in [0.5, 0.6) is 5.75 Å². The number of sulfonamides is 1. The summed E-state index contributed by atoms with van der Waals surface area (Å²) in [6.45, 7) is 2.79. The van der Waals surface area contributed by atoms with E-state index in [0.717, 1.165) is 31.6 Å². The Labute approximate surface area is 177 Å². The number of piperidine rings is 1. The number of rotatable bonds is 4. The summed E-state index contributed by atoms with van der Waals surface area (Å²) in [6, 6.07) is 4.75. The first-order chi connectivity index (χ1) is 14.3. The number of hydrogen-bond donors (Lipinski definition) is 2. The number of carbonyl (C=O) groups excluding carboxylic acids is 2. The third kappa shape index (κ3) is 4.46. The van der Waals surface area contributed by atoms with Gasteiger partial charge in [0.15, 0.2) is 6.61 Å². The van der Waals surface area contributed by atoms with E-state index >= 15 is 0 Å². The lowest BCUT2D eigenvalue weighted by atomic mass is 9.87. The van der Waals surface area contributed by atoms with Gasteiger partial charge < -0.3 is 15.4 Å². The van der Waals surface area contributed by atoms with Gasteiger partial charge in [-0.15, -0.1) is 0 Å². The van der Waals surface area contributed by atoms with Crippen LogP contribution in [0.15, 0.2) is 23.1 Å². The molecule has 9 heteroatoms. The first-order valence-corrected chi connectivity index (χ1v) is 12.1. The minimum Gasteiger partial charge on any atom is -0.482 e. The van der Waals surface area contributed by atoms with Crippen LogP contribution in [0.25, 0.3) is 0 Å². The average molecular weight is 436 g/mol. The highest BCUT2D eigenvalue weighted by Gasteiger charge is 2.33. The Morgan fingerprint density at radius 2 is 1.83 bits per heavy atom. The number of carbonyl (C=O) groups is 2. The van der Waals surface area contributed by atoms with E-state index in [1.807, 2.05) is 0 Å². The standard InChI is InChI=1S/C21H29N3O5S/c1-14-2-4-16(5-3-14)22-21(26)15-8-10-24(11-9-15)30(27,28)17-6-7-19-18(12-17)23-20(25)13-29-19/h6-7,12,14-16H,2-5,8-11,13H2,1H3,(H,22,26)(H,23,25). The molecule has 1 aromatic carbocycles. The lowest BCUT2D eigenvalue weighted by Gasteiger charge is -2.33. The lowest BCUT2D eigenvalue weighted by Crippen LogP contribution is -2.46. The Balaban J connectivity index is 1.36. The number of benzene rings is 1. The van der Waals surface area contributed by atoms with E-state index in [0.29, 0.717) is 37.4 Å². The van der Waals surface area contributed by atoms with Crippen molar-refractivity contribution in [2.24, 2.45) is 11.8 Å². The third-order valence-electron chi connectivity index (χ3n) is 6.41. The first kappa shape index (κ1) is 21.1. The maximum Gasteiger partial charge on any atom is 0.262 e. The summed E-state index contributed by atoms with van der Waals surface area (Å²) >= 11 is 0. The van der Waals surface area contributed by atoms with Crippen LogP contribution in [-0.4, -0.2) is 50.3 Å². The molecule has 1 saturated heterocycles. The molecule has 2 aliphatic heterocycles. The molecule has 0 aromatic heterocycles. The molecule has 2 N–H and O–H groups in total. The van der Waals surface area contributed by atoms with Gasteiger partial charge in [0.25, 0.3) is 5.91 Å². The molecule has 0 atom stereocenters. The molecule has 0 radical (unpaired) electrons. The molecule has 4 rings (SSSR count). The number of nitrogens with zero attached hydrogens (tertiary/aromatic N) is 1. The maximum atomic E-state index is 13.1. The molecule has 8 nitrogen and oxygen atoms in total. The highest BCUT2D eigenvalue weighted by Crippen LogP contribution is 2.32. The summed E-state index contributed by atoms with van der Waals surface area (Å²) in [4.78, 5) is 24.3. The Kier molecular flexibility index (Phi) is 6.02. The number of anilines is 1. The van der Waals surface area contributed by atoms with Crippen molar-refractivity contribution in [1.82, 2.24) is 9.62 Å². The molecule has 1 saturated carbocycles. The molecular formula is C21H29N3O5S. The molecule has 1 aromatic rings. The second kappa shape index (κ2) is 8.55. The summed E-state index contributed by atoms with van der Waals surface area (Å²) in [7, 11) is -3.70. The number of fused-ring (bicyclic) bond motifs is 1. The Hall–Kier alpha value is -2.13. The molecule has 0 bridgehead atoms. The van der Waals surface area contributed by atoms with E-state index in [-0.39, 0.29) is 35.3 Å². The van der Waals surface area contributed by atoms with Gasteiger partial charge in [0.05, 0.1) is 10.6 Å². The zero-order valence-corrected chi connectivity index (χ0v) is 18.0. The second-order valence-electron chi connectivity index (χ2n) is 8.64. The smallest absolute Gasteiger partial charge is 0.262 e. The first-order valence-electron chi connectivity index (χ1n) is 10.7. The normalized spacial score (nSPS) is 25.7. The van der Waals surface area contributed by atoms with Crippen LogP contribution < -0.4 is 15.4 Å². The van der Waals surface area contributed by atoms with Crippen molar-refractivity contribution in [3.05, 3.63) is 18.2 Å². The molecular weight excluding hydrogens is 406 g/mol. The van der Waals surface area contributed by atoms with Gasteiger partial charge in [-0.25, -0.2) is 8.42 Å². The maximum absolute atomic E-state index is 13.1. The van der Waals surface area contributed by atoms with Gasteiger partial charge in [-0.3, -0.25) is 9.59 Å². The van der Waals surface area contributed by atoms with Gasteiger partial charge >= 0.3 is 0 Å². The van der Waals surface area contributed by atoms with Crippen molar-refractivity contribution in [2.75, 3.05) is 25.0 Å². The predicted octanol–water partition coefficient (Wildman–Crippen LogP) is 2.11. The van der Waals surface area contributed by atoms with Crippen LogP contribution in [0.1, 0.15) is 45.4 Å². The molecule has 2 fully saturated rings. The van der Waals surface area contributed by atoms with Crippen LogP contribution in [0.4, 0.5) is 5.69 Å². The third-order valence-corrected chi connectivity index (χ3v) is 8.30. The van der Waals surface area contributed by atoms with Crippen molar-refractivity contribution >= 4 is 27.5 Å². The van der Waals surface area contributed by atoms with E-state index < -0.39 is 10.0 Å². The van der Waals surface area contributed by atoms with Crippen LogP contribution in [0.3, 0.4) is 0 Å². The van der Waals surface area contributed by atoms with Gasteiger partial charge in [-0.05, 0) is 62.6 Å². The number of hydrogen-bond acceptors (Lipinski definition) is 5. The quantitative estimate of drug-likeness (QED) is 0.754. The van der Waals surface area contributed by atoms with Crippen molar-refractivity contribution in [3.8, 4) is 5.75 Å².